The molecule has 0 amide bonds. The average Bonchev–Trinajstić information content (AvgIpc) is 1.56. The predicted molar refractivity (Wildman–Crippen MR) is 611 cm³/mol. The molecular weight excluding hydrogens is 1850 g/mol. The summed E-state index contributed by atoms with van der Waals surface area (Å²) in [6, 6.07) is 153. The van der Waals surface area contributed by atoms with Crippen LogP contribution in [0.15, 0.2) is 462 Å². The summed E-state index contributed by atoms with van der Waals surface area (Å²) in [6.45, 7) is 13.7. The Labute approximate surface area is 869 Å². The minimum atomic E-state index is -0.297. The lowest BCUT2D eigenvalue weighted by molar-refractivity contribution is 0.657. The third-order valence-electron chi connectivity index (χ3n) is 30.5. The Hall–Kier alpha value is -18.9. The van der Waals surface area contributed by atoms with E-state index in [1.807, 2.05) is 79.1 Å². The van der Waals surface area contributed by atoms with E-state index in [2.05, 4.69) is 421 Å². The maximum atomic E-state index is 6.47. The highest BCUT2D eigenvalue weighted by Crippen LogP contribution is 2.57. The van der Waals surface area contributed by atoms with Crippen LogP contribution in [-0.2, 0) is 16.2 Å². The fourth-order valence-electron chi connectivity index (χ4n) is 23.3. The molecule has 14 heteroatoms. The van der Waals surface area contributed by atoms with Crippen LogP contribution in [0.3, 0.4) is 0 Å². The molecule has 0 fully saturated rings. The van der Waals surface area contributed by atoms with E-state index in [0.717, 1.165) is 244 Å². The van der Waals surface area contributed by atoms with Gasteiger partial charge >= 0.3 is 0 Å². The Kier molecular flexibility index (Phi) is 20.9. The minimum Gasteiger partial charge on any atom is -0.455 e. The van der Waals surface area contributed by atoms with Crippen molar-refractivity contribution in [2.24, 2.45) is 0 Å². The SMILES string of the molecule is CC1(C)c2ccccc2-c2nc(-c3ccc(-c4nc5ccccc5n4-c4ccccc4)cc3)nc(-c3cccc(-c4cccc5c4oc4ccccc45)c3)c21.CC1(C)c2ccccc2-c2nc(-c3ccc(-c4nc5ccccc5s4)cc3)nc(-c3cccc(-c4cccc5c4oc4ccccc45)c3)c21.CC1(C)c2ccccc2-c2nc(-c3cccc(-c4ccncc4)c3)nc(-c3cccc(-c4cccc5c4oc4ccccc45)c3)c21. The van der Waals surface area contributed by atoms with E-state index in [4.69, 9.17) is 53.1 Å². The van der Waals surface area contributed by atoms with Crippen molar-refractivity contribution in [2.75, 3.05) is 0 Å². The molecule has 13 nitrogen and oxygen atoms in total. The molecule has 0 radical (unpaired) electrons. The minimum absolute atomic E-state index is 0.270. The largest absolute Gasteiger partial charge is 0.455 e. The van der Waals surface area contributed by atoms with Gasteiger partial charge in [0.25, 0.3) is 0 Å². The summed E-state index contributed by atoms with van der Waals surface area (Å²) in [5.74, 6) is 3.00. The molecule has 0 N–H and O–H groups in total. The molecule has 0 unspecified atom stereocenters. The van der Waals surface area contributed by atoms with Crippen molar-refractivity contribution in [3.8, 4) is 174 Å². The van der Waals surface area contributed by atoms with E-state index in [1.54, 1.807) is 11.3 Å². The summed E-state index contributed by atoms with van der Waals surface area (Å²) in [4.78, 5) is 46.3. The van der Waals surface area contributed by atoms with Crippen LogP contribution < -0.4 is 0 Å². The second kappa shape index (κ2) is 35.2. The average molecular weight is 1950 g/mol. The molecule has 30 rings (SSSR count). The normalized spacial score (nSPS) is 13.2. The number of fused-ring (bicyclic) bond motifs is 20. The van der Waals surface area contributed by atoms with Crippen molar-refractivity contribution in [2.45, 2.75) is 57.8 Å². The lowest BCUT2D eigenvalue weighted by Gasteiger charge is -2.24. The van der Waals surface area contributed by atoms with Gasteiger partial charge in [0.1, 0.15) is 44.3 Å². The highest BCUT2D eigenvalue weighted by atomic mass is 32.1. The Bertz CT molecular complexity index is 10100. The van der Waals surface area contributed by atoms with Crippen molar-refractivity contribution >= 4 is 98.4 Å². The molecule has 9 aromatic heterocycles. The van der Waals surface area contributed by atoms with Crippen molar-refractivity contribution in [1.82, 2.24) is 49.4 Å². The lowest BCUT2D eigenvalue weighted by Crippen LogP contribution is -2.17. The molecule has 3 aliphatic rings. The van der Waals surface area contributed by atoms with E-state index in [1.165, 1.54) is 32.5 Å². The van der Waals surface area contributed by atoms with Gasteiger partial charge in [-0.2, -0.15) is 0 Å². The van der Waals surface area contributed by atoms with E-state index >= 15 is 0 Å². The van der Waals surface area contributed by atoms with Gasteiger partial charge in [-0.15, -0.1) is 11.3 Å². The molecule has 3 aliphatic carbocycles. The third kappa shape index (κ3) is 14.7. The van der Waals surface area contributed by atoms with Crippen molar-refractivity contribution < 1.29 is 13.3 Å². The number of rotatable bonds is 13. The number of furan rings is 3. The number of hydrogen-bond acceptors (Lipinski definition) is 13. The quantitative estimate of drug-likeness (QED) is 0.108. The second-order valence-corrected chi connectivity index (χ2v) is 41.5. The van der Waals surface area contributed by atoms with Crippen molar-refractivity contribution in [3.63, 3.8) is 0 Å². The van der Waals surface area contributed by atoms with Crippen LogP contribution in [0, 0.1) is 0 Å². The molecule has 0 aliphatic heterocycles. The monoisotopic (exact) mass is 1940 g/mol. The van der Waals surface area contributed by atoms with Crippen LogP contribution in [0.2, 0.25) is 0 Å². The van der Waals surface area contributed by atoms with Gasteiger partial charge in [-0.05, 0) is 136 Å². The number of thiazole rings is 1. The van der Waals surface area contributed by atoms with Crippen molar-refractivity contribution in [1.29, 1.82) is 0 Å². The van der Waals surface area contributed by atoms with Crippen LogP contribution >= 0.6 is 11.3 Å². The van der Waals surface area contributed by atoms with Gasteiger partial charge in [0, 0.05) is 161 Å². The number of para-hydroxylation sites is 10. The van der Waals surface area contributed by atoms with Crippen molar-refractivity contribution in [3.05, 3.63) is 483 Å². The maximum Gasteiger partial charge on any atom is 0.160 e. The molecule has 150 heavy (non-hydrogen) atoms. The Morgan fingerprint density at radius 3 is 1.01 bits per heavy atom. The first kappa shape index (κ1) is 88.8. The van der Waals surface area contributed by atoms with Gasteiger partial charge < -0.3 is 13.3 Å². The molecule has 0 atom stereocenters. The zero-order chi connectivity index (χ0) is 100. The fraction of sp³-hybridized carbons (Fsp3) is 0.0662. The molecular formula is C136H92N10O3S. The van der Waals surface area contributed by atoms with Crippen LogP contribution in [0.5, 0.6) is 0 Å². The van der Waals surface area contributed by atoms with Gasteiger partial charge in [-0.1, -0.05) is 387 Å². The molecule has 710 valence electrons. The first-order valence-corrected chi connectivity index (χ1v) is 51.6. The molecule has 0 spiro atoms. The van der Waals surface area contributed by atoms with Crippen LogP contribution in [0.25, 0.3) is 261 Å². The number of aromatic nitrogens is 10. The van der Waals surface area contributed by atoms with Gasteiger partial charge in [0.05, 0.1) is 55.4 Å². The smallest absolute Gasteiger partial charge is 0.160 e. The van der Waals surface area contributed by atoms with Gasteiger partial charge in [-0.3, -0.25) is 9.55 Å². The second-order valence-electron chi connectivity index (χ2n) is 40.5. The summed E-state index contributed by atoms with van der Waals surface area (Å²) < 4.78 is 22.8. The Morgan fingerprint density at radius 2 is 0.560 bits per heavy atom. The summed E-state index contributed by atoms with van der Waals surface area (Å²) >= 11 is 1.71. The summed E-state index contributed by atoms with van der Waals surface area (Å²) in [5, 5.41) is 7.74. The predicted octanol–water partition coefficient (Wildman–Crippen LogP) is 35.4. The molecule has 0 saturated carbocycles. The highest BCUT2D eigenvalue weighted by Gasteiger charge is 2.44. The zero-order valence-electron chi connectivity index (χ0n) is 82.8. The van der Waals surface area contributed by atoms with Crippen LogP contribution in [0.1, 0.15) is 74.9 Å². The summed E-state index contributed by atoms with van der Waals surface area (Å²) in [7, 11) is 0. The lowest BCUT2D eigenvalue weighted by atomic mass is 9.80. The maximum absolute atomic E-state index is 6.47. The summed E-state index contributed by atoms with van der Waals surface area (Å²) in [5.41, 5.74) is 42.0. The first-order chi connectivity index (χ1) is 73.6. The molecule has 9 heterocycles. The van der Waals surface area contributed by atoms with Gasteiger partial charge in [0.2, 0.25) is 0 Å². The van der Waals surface area contributed by atoms with Gasteiger partial charge in [-0.25, -0.2) is 39.9 Å². The fourth-order valence-corrected chi connectivity index (χ4v) is 24.2. The van der Waals surface area contributed by atoms with Gasteiger partial charge in [0.15, 0.2) is 17.5 Å². The topological polar surface area (TPSA) is 160 Å². The number of nitrogens with zero attached hydrogens (tertiary/aromatic N) is 10. The summed E-state index contributed by atoms with van der Waals surface area (Å²) in [6.07, 6.45) is 3.65. The zero-order valence-corrected chi connectivity index (χ0v) is 83.6. The number of pyridine rings is 1. The molecule has 27 aromatic rings. The highest BCUT2D eigenvalue weighted by molar-refractivity contribution is 7.21. The first-order valence-electron chi connectivity index (χ1n) is 50.8. The van der Waals surface area contributed by atoms with Crippen LogP contribution in [0.4, 0.5) is 0 Å². The van der Waals surface area contributed by atoms with E-state index in [-0.39, 0.29) is 16.2 Å². The molecule has 0 bridgehead atoms. The van der Waals surface area contributed by atoms with Crippen LogP contribution in [-0.4, -0.2) is 49.4 Å². The molecule has 18 aromatic carbocycles. The Morgan fingerprint density at radius 1 is 0.227 bits per heavy atom. The van der Waals surface area contributed by atoms with E-state index in [0.29, 0.717) is 17.5 Å². The third-order valence-corrected chi connectivity index (χ3v) is 31.6. The van der Waals surface area contributed by atoms with E-state index < -0.39 is 0 Å². The van der Waals surface area contributed by atoms with E-state index in [9.17, 15) is 0 Å². The standard InChI is InChI=1S/C50H34N4O.C44H29N3OS.C42H29N3O/c1-50(2)40-22-8-6-19-39(40)46-44(50)45(34-15-12-14-33(30-34)36-20-13-21-38-37-18-7-11-25-43(37)55-47(36)38)52-48(53-46)31-26-28-32(29-27-31)49-51-41-23-9-10-24-42(41)54(49)35-16-4-3-5-17-35;1-44(2)34-17-5-3-14-33(34)40-38(44)39(46-42(47-40)26-21-23-27(24-22-26)43-45-35-18-6-8-20-37(35)49-43)29-12-9-11-28(25-29)30-15-10-16-32-31-13-4-7-19-36(31)48-41(30)32;1-42(2)35-18-5-3-15-34(35)39-37(42)38(44-41(45-39)30-13-7-10-27(24-30)26-20-22-43-23-21-26)29-12-8-11-28(25-29)31-16-9-17-33-32-14-4-6-19-36(32)46-40(31)33/h3-30H,1-2H3;3-25H,1-2H3;3-25H,1-2H3. The number of benzene rings is 18. The molecule has 0 saturated heterocycles. The Balaban J connectivity index is 0.000000109. The number of imidazole rings is 1. The number of hydrogen-bond donors (Lipinski definition) is 0.